The molecule has 1 atom stereocenters. The maximum atomic E-state index is 11.8. The number of nitrogens with zero attached hydrogens (tertiary/aromatic N) is 2. The molecule has 1 amide bonds. The molecular formula is C14H29IN2O2. The fourth-order valence-electron chi connectivity index (χ4n) is 1.67. The first-order valence-corrected chi connectivity index (χ1v) is 8.44. The largest absolute Gasteiger partial charge is 0.444 e. The number of ether oxygens (including phenoxy) is 1. The lowest BCUT2D eigenvalue weighted by atomic mass is 10.2. The number of carbonyl (C=O) groups is 1. The van der Waals surface area contributed by atoms with Crippen LogP contribution in [0.5, 0.6) is 0 Å². The van der Waals surface area contributed by atoms with E-state index in [-0.39, 0.29) is 6.09 Å². The third-order valence-corrected chi connectivity index (χ3v) is 3.93. The number of carbonyl (C=O) groups excluding carboxylic acids is 1. The van der Waals surface area contributed by atoms with E-state index in [4.69, 9.17) is 4.74 Å². The van der Waals surface area contributed by atoms with Gasteiger partial charge in [-0.15, -0.1) is 0 Å². The summed E-state index contributed by atoms with van der Waals surface area (Å²) in [5, 5.41) is 0. The van der Waals surface area contributed by atoms with Crippen molar-refractivity contribution in [3.63, 3.8) is 0 Å². The van der Waals surface area contributed by atoms with Crippen LogP contribution in [-0.2, 0) is 4.74 Å². The topological polar surface area (TPSA) is 32.8 Å². The van der Waals surface area contributed by atoms with Crippen molar-refractivity contribution in [2.45, 2.75) is 52.2 Å². The molecule has 0 rings (SSSR count). The van der Waals surface area contributed by atoms with Crippen LogP contribution in [0.15, 0.2) is 0 Å². The van der Waals surface area contributed by atoms with E-state index in [1.54, 1.807) is 11.9 Å². The highest BCUT2D eigenvalue weighted by Crippen LogP contribution is 2.10. The molecule has 0 spiro atoms. The van der Waals surface area contributed by atoms with E-state index in [0.717, 1.165) is 11.0 Å². The molecule has 0 aliphatic rings. The van der Waals surface area contributed by atoms with Crippen molar-refractivity contribution in [1.29, 1.82) is 0 Å². The minimum atomic E-state index is -0.426. The highest BCUT2D eigenvalue weighted by atomic mass is 127. The Balaban J connectivity index is 4.13. The van der Waals surface area contributed by atoms with Gasteiger partial charge in [0.2, 0.25) is 0 Å². The van der Waals surface area contributed by atoms with Crippen molar-refractivity contribution < 1.29 is 9.53 Å². The van der Waals surface area contributed by atoms with Crippen LogP contribution in [0.4, 0.5) is 4.79 Å². The first kappa shape index (κ1) is 19.0. The van der Waals surface area contributed by atoms with Gasteiger partial charge in [-0.1, -0.05) is 35.9 Å². The van der Waals surface area contributed by atoms with Crippen molar-refractivity contribution in [1.82, 2.24) is 9.80 Å². The quantitative estimate of drug-likeness (QED) is 0.498. The number of amides is 1. The molecule has 0 aliphatic carbocycles. The molecule has 0 saturated carbocycles. The first-order valence-electron chi connectivity index (χ1n) is 6.91. The molecule has 0 radical (unpaired) electrons. The van der Waals surface area contributed by atoms with Gasteiger partial charge in [-0.25, -0.2) is 4.79 Å². The van der Waals surface area contributed by atoms with Gasteiger partial charge >= 0.3 is 6.09 Å². The number of halogens is 1. The Bertz CT molecular complexity index is 267. The Kier molecular flexibility index (Phi) is 8.98. The first-order chi connectivity index (χ1) is 8.71. The Morgan fingerprint density at radius 2 is 1.84 bits per heavy atom. The van der Waals surface area contributed by atoms with Crippen LogP contribution in [0.2, 0.25) is 0 Å². The molecule has 0 heterocycles. The molecule has 0 bridgehead atoms. The van der Waals surface area contributed by atoms with Crippen molar-refractivity contribution >= 4 is 28.7 Å². The van der Waals surface area contributed by atoms with E-state index >= 15 is 0 Å². The smallest absolute Gasteiger partial charge is 0.410 e. The fourth-order valence-corrected chi connectivity index (χ4v) is 2.78. The predicted molar refractivity (Wildman–Crippen MR) is 89.1 cm³/mol. The maximum Gasteiger partial charge on any atom is 0.410 e. The summed E-state index contributed by atoms with van der Waals surface area (Å²) in [5.41, 5.74) is -0.426. The van der Waals surface area contributed by atoms with Crippen LogP contribution in [0.25, 0.3) is 0 Å². The summed E-state index contributed by atoms with van der Waals surface area (Å²) in [6, 6.07) is 0.595. The van der Waals surface area contributed by atoms with Gasteiger partial charge in [0.05, 0.1) is 0 Å². The van der Waals surface area contributed by atoms with E-state index in [1.807, 2.05) is 20.8 Å². The second-order valence-corrected chi connectivity index (χ2v) is 6.86. The molecule has 19 heavy (non-hydrogen) atoms. The van der Waals surface area contributed by atoms with Crippen LogP contribution in [0, 0.1) is 0 Å². The molecular weight excluding hydrogens is 355 g/mol. The molecule has 0 N–H and O–H groups in total. The Morgan fingerprint density at radius 3 is 2.26 bits per heavy atom. The van der Waals surface area contributed by atoms with E-state index in [1.165, 1.54) is 12.8 Å². The molecule has 5 heteroatoms. The Hall–Kier alpha value is -0.0400. The van der Waals surface area contributed by atoms with Gasteiger partial charge in [-0.05, 0) is 34.2 Å². The average Bonchev–Trinajstić information content (AvgIpc) is 2.30. The lowest BCUT2D eigenvalue weighted by Crippen LogP contribution is -2.41. The second-order valence-electron chi connectivity index (χ2n) is 5.98. The number of rotatable bonds is 7. The Labute approximate surface area is 132 Å². The van der Waals surface area contributed by atoms with Gasteiger partial charge in [-0.3, -0.25) is 0 Å². The normalized spacial score (nSPS) is 13.5. The minimum absolute atomic E-state index is 0.248. The molecule has 0 aromatic rings. The van der Waals surface area contributed by atoms with Gasteiger partial charge in [0.15, 0.2) is 0 Å². The van der Waals surface area contributed by atoms with Crippen molar-refractivity contribution in [3.05, 3.63) is 0 Å². The van der Waals surface area contributed by atoms with Crippen LogP contribution in [-0.4, -0.2) is 59.1 Å². The van der Waals surface area contributed by atoms with Crippen molar-refractivity contribution in [3.8, 4) is 0 Å². The number of hydrogen-bond acceptors (Lipinski definition) is 3. The van der Waals surface area contributed by atoms with Crippen LogP contribution in [0.3, 0.4) is 0 Å². The maximum absolute atomic E-state index is 11.8. The molecule has 114 valence electrons. The average molecular weight is 384 g/mol. The summed E-state index contributed by atoms with van der Waals surface area (Å²) in [7, 11) is 3.92. The van der Waals surface area contributed by atoms with Crippen molar-refractivity contribution in [2.75, 3.05) is 31.6 Å². The lowest BCUT2D eigenvalue weighted by molar-refractivity contribution is 0.0281. The second kappa shape index (κ2) is 9.00. The van der Waals surface area contributed by atoms with E-state index < -0.39 is 5.60 Å². The Morgan fingerprint density at radius 1 is 1.26 bits per heavy atom. The highest BCUT2D eigenvalue weighted by Gasteiger charge is 2.20. The summed E-state index contributed by atoms with van der Waals surface area (Å²) in [6.07, 6.45) is 2.15. The van der Waals surface area contributed by atoms with E-state index in [2.05, 4.69) is 41.5 Å². The number of alkyl halides is 1. The molecule has 0 aliphatic heterocycles. The van der Waals surface area contributed by atoms with E-state index in [0.29, 0.717) is 12.6 Å². The fraction of sp³-hybridized carbons (Fsp3) is 0.929. The van der Waals surface area contributed by atoms with E-state index in [9.17, 15) is 4.79 Å². The van der Waals surface area contributed by atoms with Crippen LogP contribution in [0.1, 0.15) is 40.5 Å². The standard InChI is InChI=1S/C14H29IN2O2/c1-7-8-12(11-15)16(5)9-10-17(6)13(18)19-14(2,3)4/h12H,7-11H2,1-6H3. The zero-order valence-electron chi connectivity index (χ0n) is 13.2. The number of likely N-dealkylation sites (N-methyl/N-ethyl adjacent to an activating group) is 2. The summed E-state index contributed by atoms with van der Waals surface area (Å²) in [6.45, 7) is 9.44. The van der Waals surface area contributed by atoms with Gasteiger partial charge < -0.3 is 14.5 Å². The molecule has 4 nitrogen and oxygen atoms in total. The molecule has 1 unspecified atom stereocenters. The minimum Gasteiger partial charge on any atom is -0.444 e. The van der Waals surface area contributed by atoms with Crippen LogP contribution >= 0.6 is 22.6 Å². The van der Waals surface area contributed by atoms with Crippen molar-refractivity contribution in [2.24, 2.45) is 0 Å². The molecule has 0 aromatic carbocycles. The van der Waals surface area contributed by atoms with Gasteiger partial charge in [-0.2, -0.15) is 0 Å². The van der Waals surface area contributed by atoms with Crippen LogP contribution < -0.4 is 0 Å². The monoisotopic (exact) mass is 384 g/mol. The molecule has 0 saturated heterocycles. The zero-order chi connectivity index (χ0) is 15.1. The third-order valence-electron chi connectivity index (χ3n) is 2.92. The SMILES string of the molecule is CCCC(CI)N(C)CCN(C)C(=O)OC(C)(C)C. The third kappa shape index (κ3) is 8.68. The summed E-state index contributed by atoms with van der Waals surface area (Å²) in [5.74, 6) is 0. The predicted octanol–water partition coefficient (Wildman–Crippen LogP) is 3.39. The lowest BCUT2D eigenvalue weighted by Gasteiger charge is -2.29. The van der Waals surface area contributed by atoms with Gasteiger partial charge in [0.25, 0.3) is 0 Å². The van der Waals surface area contributed by atoms with Gasteiger partial charge in [0.1, 0.15) is 5.60 Å². The highest BCUT2D eigenvalue weighted by molar-refractivity contribution is 14.1. The van der Waals surface area contributed by atoms with Gasteiger partial charge in [0, 0.05) is 30.6 Å². The molecule has 0 fully saturated rings. The summed E-state index contributed by atoms with van der Waals surface area (Å²) >= 11 is 2.43. The number of hydrogen-bond donors (Lipinski definition) is 0. The summed E-state index contributed by atoms with van der Waals surface area (Å²) < 4.78 is 6.46. The summed E-state index contributed by atoms with van der Waals surface area (Å²) in [4.78, 5) is 15.8. The molecule has 0 aromatic heterocycles. The zero-order valence-corrected chi connectivity index (χ0v) is 15.4.